The van der Waals surface area contributed by atoms with E-state index in [-0.39, 0.29) is 16.1 Å². The third kappa shape index (κ3) is 3.05. The van der Waals surface area contributed by atoms with Crippen molar-refractivity contribution in [3.8, 4) is 0 Å². The molecule has 19 heavy (non-hydrogen) atoms. The molecule has 1 N–H and O–H groups in total. The molecule has 2 aromatic rings. The van der Waals surface area contributed by atoms with Gasteiger partial charge in [0.15, 0.2) is 0 Å². The topological polar surface area (TPSA) is 106 Å². The van der Waals surface area contributed by atoms with Crippen molar-refractivity contribution in [2.24, 2.45) is 0 Å². The standard InChI is InChI=1S/C11H7N3O4S/c15-11(16)7-1-2-8(14(17)18)9(5-7)19-10-3-4-12-6-13-10/h1-6H,(H,15,16). The molecule has 0 unspecified atom stereocenters. The molecular weight excluding hydrogens is 270 g/mol. The first-order valence-electron chi connectivity index (χ1n) is 5.03. The molecule has 0 aliphatic carbocycles. The highest BCUT2D eigenvalue weighted by atomic mass is 32.2. The average molecular weight is 277 g/mol. The van der Waals surface area contributed by atoms with E-state index in [0.29, 0.717) is 5.03 Å². The van der Waals surface area contributed by atoms with E-state index in [9.17, 15) is 14.9 Å². The van der Waals surface area contributed by atoms with Gasteiger partial charge in [0, 0.05) is 12.3 Å². The zero-order valence-corrected chi connectivity index (χ0v) is 10.2. The van der Waals surface area contributed by atoms with Crippen LogP contribution in [0.25, 0.3) is 0 Å². The molecule has 2 rings (SSSR count). The van der Waals surface area contributed by atoms with Crippen LogP contribution in [0.15, 0.2) is 46.7 Å². The lowest BCUT2D eigenvalue weighted by molar-refractivity contribution is -0.387. The highest BCUT2D eigenvalue weighted by Gasteiger charge is 2.17. The van der Waals surface area contributed by atoms with Crippen molar-refractivity contribution in [2.45, 2.75) is 9.92 Å². The van der Waals surface area contributed by atoms with Gasteiger partial charge in [-0.05, 0) is 18.2 Å². The Morgan fingerprint density at radius 1 is 1.37 bits per heavy atom. The van der Waals surface area contributed by atoms with Gasteiger partial charge in [-0.3, -0.25) is 10.1 Å². The van der Waals surface area contributed by atoms with E-state index in [0.717, 1.165) is 11.8 Å². The number of aromatic carboxylic acids is 1. The molecule has 0 fully saturated rings. The Balaban J connectivity index is 2.43. The molecule has 1 aromatic heterocycles. The Kier molecular flexibility index (Phi) is 3.71. The van der Waals surface area contributed by atoms with Gasteiger partial charge in [-0.25, -0.2) is 14.8 Å². The SMILES string of the molecule is O=C(O)c1ccc([N+](=O)[O-])c(Sc2ccncn2)c1. The molecule has 0 amide bonds. The molecule has 0 saturated heterocycles. The summed E-state index contributed by atoms with van der Waals surface area (Å²) in [5, 5.41) is 20.3. The lowest BCUT2D eigenvalue weighted by Gasteiger charge is -2.03. The first-order chi connectivity index (χ1) is 9.08. The van der Waals surface area contributed by atoms with Crippen molar-refractivity contribution in [1.82, 2.24) is 9.97 Å². The zero-order chi connectivity index (χ0) is 13.8. The van der Waals surface area contributed by atoms with Gasteiger partial charge in [0.1, 0.15) is 11.4 Å². The molecule has 0 aliphatic heterocycles. The zero-order valence-electron chi connectivity index (χ0n) is 9.39. The fraction of sp³-hybridized carbons (Fsp3) is 0. The van der Waals surface area contributed by atoms with Gasteiger partial charge in [-0.15, -0.1) is 0 Å². The largest absolute Gasteiger partial charge is 0.478 e. The van der Waals surface area contributed by atoms with E-state index >= 15 is 0 Å². The number of nitro groups is 1. The van der Waals surface area contributed by atoms with Crippen molar-refractivity contribution in [1.29, 1.82) is 0 Å². The second kappa shape index (κ2) is 5.44. The number of hydrogen-bond acceptors (Lipinski definition) is 6. The van der Waals surface area contributed by atoms with Crippen LogP contribution in [0.3, 0.4) is 0 Å². The van der Waals surface area contributed by atoms with Gasteiger partial charge >= 0.3 is 5.97 Å². The predicted octanol–water partition coefficient (Wildman–Crippen LogP) is 2.23. The Morgan fingerprint density at radius 3 is 2.74 bits per heavy atom. The van der Waals surface area contributed by atoms with Crippen LogP contribution in [0.4, 0.5) is 5.69 Å². The summed E-state index contributed by atoms with van der Waals surface area (Å²) in [6.45, 7) is 0. The number of hydrogen-bond donors (Lipinski definition) is 1. The number of aromatic nitrogens is 2. The highest BCUT2D eigenvalue weighted by Crippen LogP contribution is 2.34. The fourth-order valence-electron chi connectivity index (χ4n) is 1.33. The van der Waals surface area contributed by atoms with E-state index in [2.05, 4.69) is 9.97 Å². The Morgan fingerprint density at radius 2 is 2.16 bits per heavy atom. The van der Waals surface area contributed by atoms with Crippen LogP contribution in [0.5, 0.6) is 0 Å². The van der Waals surface area contributed by atoms with Gasteiger partial charge in [0.25, 0.3) is 5.69 Å². The minimum absolute atomic E-state index is 0.0119. The first-order valence-corrected chi connectivity index (χ1v) is 5.85. The maximum atomic E-state index is 10.9. The number of carboxylic acids is 1. The summed E-state index contributed by atoms with van der Waals surface area (Å²) in [6.07, 6.45) is 2.82. The van der Waals surface area contributed by atoms with Gasteiger partial charge < -0.3 is 5.11 Å². The van der Waals surface area contributed by atoms with E-state index < -0.39 is 10.9 Å². The maximum Gasteiger partial charge on any atom is 0.335 e. The summed E-state index contributed by atoms with van der Waals surface area (Å²) in [5.41, 5.74) is -0.171. The Bertz CT molecular complexity index is 633. The van der Waals surface area contributed by atoms with Crippen LogP contribution in [0.2, 0.25) is 0 Å². The lowest BCUT2D eigenvalue weighted by Crippen LogP contribution is -1.98. The maximum absolute atomic E-state index is 10.9. The van der Waals surface area contributed by atoms with Crippen LogP contribution in [-0.2, 0) is 0 Å². The molecule has 1 aromatic carbocycles. The molecule has 0 atom stereocenters. The van der Waals surface area contributed by atoms with E-state index in [4.69, 9.17) is 5.11 Å². The molecular formula is C11H7N3O4S. The summed E-state index contributed by atoms with van der Waals surface area (Å²) in [5.74, 6) is -1.14. The number of nitro benzene ring substituents is 1. The Hall–Kier alpha value is -2.48. The average Bonchev–Trinajstić information content (AvgIpc) is 2.39. The van der Waals surface area contributed by atoms with Crippen molar-refractivity contribution >= 4 is 23.4 Å². The van der Waals surface area contributed by atoms with E-state index in [1.807, 2.05) is 0 Å². The molecule has 7 nitrogen and oxygen atoms in total. The minimum atomic E-state index is -1.14. The number of rotatable bonds is 4. The van der Waals surface area contributed by atoms with Crippen molar-refractivity contribution in [3.05, 3.63) is 52.5 Å². The summed E-state index contributed by atoms with van der Waals surface area (Å²) >= 11 is 1.02. The molecule has 0 bridgehead atoms. The van der Waals surface area contributed by atoms with Crippen molar-refractivity contribution in [3.63, 3.8) is 0 Å². The van der Waals surface area contributed by atoms with E-state index in [1.54, 1.807) is 6.07 Å². The van der Waals surface area contributed by atoms with Crippen LogP contribution < -0.4 is 0 Å². The van der Waals surface area contributed by atoms with Gasteiger partial charge in [0.2, 0.25) is 0 Å². The second-order valence-electron chi connectivity index (χ2n) is 3.39. The van der Waals surface area contributed by atoms with E-state index in [1.165, 1.54) is 30.7 Å². The van der Waals surface area contributed by atoms with Gasteiger partial charge in [0.05, 0.1) is 15.4 Å². The van der Waals surface area contributed by atoms with Gasteiger partial charge in [-0.2, -0.15) is 0 Å². The molecule has 0 aliphatic rings. The van der Waals surface area contributed by atoms with Crippen LogP contribution in [0, 0.1) is 10.1 Å². The number of carboxylic acid groups (broad SMARTS) is 1. The summed E-state index contributed by atoms with van der Waals surface area (Å²) in [6, 6.07) is 5.21. The van der Waals surface area contributed by atoms with Crippen LogP contribution >= 0.6 is 11.8 Å². The number of benzene rings is 1. The third-order valence-electron chi connectivity index (χ3n) is 2.17. The molecule has 0 spiro atoms. The van der Waals surface area contributed by atoms with Crippen molar-refractivity contribution in [2.75, 3.05) is 0 Å². The molecule has 8 heteroatoms. The quantitative estimate of drug-likeness (QED) is 0.518. The molecule has 0 radical (unpaired) electrons. The fourth-order valence-corrected chi connectivity index (χ4v) is 2.22. The van der Waals surface area contributed by atoms with Crippen molar-refractivity contribution < 1.29 is 14.8 Å². The smallest absolute Gasteiger partial charge is 0.335 e. The Labute approximate surface area is 111 Å². The monoisotopic (exact) mass is 277 g/mol. The molecule has 96 valence electrons. The second-order valence-corrected chi connectivity index (χ2v) is 4.46. The highest BCUT2D eigenvalue weighted by molar-refractivity contribution is 7.99. The molecule has 0 saturated carbocycles. The minimum Gasteiger partial charge on any atom is -0.478 e. The normalized spacial score (nSPS) is 10.1. The molecule has 1 heterocycles. The summed E-state index contributed by atoms with van der Waals surface area (Å²) in [4.78, 5) is 29.1. The van der Waals surface area contributed by atoms with Crippen LogP contribution in [-0.4, -0.2) is 26.0 Å². The number of carbonyl (C=O) groups is 1. The van der Waals surface area contributed by atoms with Gasteiger partial charge in [-0.1, -0.05) is 11.8 Å². The number of nitrogens with zero attached hydrogens (tertiary/aromatic N) is 3. The summed E-state index contributed by atoms with van der Waals surface area (Å²) < 4.78 is 0. The van der Waals surface area contributed by atoms with Crippen LogP contribution in [0.1, 0.15) is 10.4 Å². The third-order valence-corrected chi connectivity index (χ3v) is 3.17. The first kappa shape index (κ1) is 13.0. The lowest BCUT2D eigenvalue weighted by atomic mass is 10.2. The predicted molar refractivity (Wildman–Crippen MR) is 66.2 cm³/mol. The summed E-state index contributed by atoms with van der Waals surface area (Å²) in [7, 11) is 0.